The van der Waals surface area contributed by atoms with Crippen LogP contribution in [0.3, 0.4) is 0 Å². The fourth-order valence-corrected chi connectivity index (χ4v) is 2.57. The predicted molar refractivity (Wildman–Crippen MR) is 84.2 cm³/mol. The normalized spacial score (nSPS) is 15.4. The molecule has 0 atom stereocenters. The Morgan fingerprint density at radius 1 is 1.45 bits per heavy atom. The summed E-state index contributed by atoms with van der Waals surface area (Å²) in [5.74, 6) is 2.18. The molecule has 1 aliphatic rings. The Bertz CT molecular complexity index is 472. The first kappa shape index (κ1) is 15.4. The van der Waals surface area contributed by atoms with Crippen LogP contribution < -0.4 is 4.74 Å². The van der Waals surface area contributed by atoms with Crippen molar-refractivity contribution in [2.45, 2.75) is 39.5 Å². The van der Waals surface area contributed by atoms with Gasteiger partial charge in [-0.05, 0) is 62.3 Å². The number of unbranched alkanes of at least 4 members (excludes halogenated alkanes) is 1. The van der Waals surface area contributed by atoms with Crippen molar-refractivity contribution in [1.82, 2.24) is 0 Å². The first-order chi connectivity index (χ1) is 9.70. The molecule has 0 aromatic heterocycles. The molecule has 0 amide bonds. The van der Waals surface area contributed by atoms with Crippen molar-refractivity contribution in [2.24, 2.45) is 10.3 Å². The number of ether oxygens (including phenoxy) is 1. The number of benzene rings is 1. The van der Waals surface area contributed by atoms with Crippen LogP contribution in [-0.4, -0.2) is 18.1 Å². The lowest BCUT2D eigenvalue weighted by Crippen LogP contribution is -2.03. The summed E-state index contributed by atoms with van der Waals surface area (Å²) in [7, 11) is 0. The van der Waals surface area contributed by atoms with Gasteiger partial charge in [0.15, 0.2) is 0 Å². The van der Waals surface area contributed by atoms with Gasteiger partial charge in [0.05, 0.1) is 12.3 Å². The summed E-state index contributed by atoms with van der Waals surface area (Å²) < 4.78 is 23.9. The summed E-state index contributed by atoms with van der Waals surface area (Å²) in [5, 5.41) is 0. The van der Waals surface area contributed by atoms with E-state index in [0.717, 1.165) is 36.7 Å². The Hall–Kier alpha value is -1.03. The Morgan fingerprint density at radius 3 is 2.95 bits per heavy atom. The molecule has 110 valence electrons. The maximum Gasteiger partial charge on any atom is 0.132 e. The zero-order valence-electron chi connectivity index (χ0n) is 12.2. The van der Waals surface area contributed by atoms with E-state index < -0.39 is 0 Å². The molecule has 2 nitrogen and oxygen atoms in total. The smallest absolute Gasteiger partial charge is 0.132 e. The third-order valence-corrected chi connectivity index (χ3v) is 4.18. The predicted octanol–water partition coefficient (Wildman–Crippen LogP) is 4.87. The fraction of sp³-hybridized carbons (Fsp3) is 0.562. The molecule has 2 rings (SSSR count). The summed E-state index contributed by atoms with van der Waals surface area (Å²) in [6.45, 7) is 4.74. The number of nitrogens with zero attached hydrogens (tertiary/aromatic N) is 1. The maximum absolute atomic E-state index is 13.9. The van der Waals surface area contributed by atoms with Gasteiger partial charge < -0.3 is 4.74 Å². The topological polar surface area (TPSA) is 21.6 Å². The standard InChI is InChI=1S/C16H22FNOS/c1-3-4-9-20-18-12(2)15-10-14(7-8-16(15)17)19-11-13-5-6-13/h7-8,10,13H,3-6,9,11H2,1-2H3/b18-12+. The average molecular weight is 295 g/mol. The van der Waals surface area contributed by atoms with Crippen molar-refractivity contribution in [3.05, 3.63) is 29.6 Å². The highest BCUT2D eigenvalue weighted by atomic mass is 32.2. The highest BCUT2D eigenvalue weighted by Crippen LogP contribution is 2.30. The van der Waals surface area contributed by atoms with E-state index in [2.05, 4.69) is 11.3 Å². The molecule has 0 saturated heterocycles. The first-order valence-corrected chi connectivity index (χ1v) is 8.24. The van der Waals surface area contributed by atoms with E-state index in [1.54, 1.807) is 12.1 Å². The fourth-order valence-electron chi connectivity index (χ4n) is 1.77. The van der Waals surface area contributed by atoms with Gasteiger partial charge in [0.2, 0.25) is 0 Å². The minimum absolute atomic E-state index is 0.235. The van der Waals surface area contributed by atoms with Gasteiger partial charge in [0.25, 0.3) is 0 Å². The second kappa shape index (κ2) is 7.67. The number of hydrogen-bond donors (Lipinski definition) is 0. The molecule has 0 bridgehead atoms. The SMILES string of the molecule is CCCCS/N=C(\C)c1cc(OCC2CC2)ccc1F. The Balaban J connectivity index is 1.98. The molecule has 20 heavy (non-hydrogen) atoms. The zero-order valence-corrected chi connectivity index (χ0v) is 13.0. The molecular weight excluding hydrogens is 273 g/mol. The monoisotopic (exact) mass is 295 g/mol. The second-order valence-corrected chi connectivity index (χ2v) is 6.11. The van der Waals surface area contributed by atoms with E-state index in [-0.39, 0.29) is 5.82 Å². The highest BCUT2D eigenvalue weighted by Gasteiger charge is 2.22. The Morgan fingerprint density at radius 2 is 2.25 bits per heavy atom. The van der Waals surface area contributed by atoms with Gasteiger partial charge in [-0.25, -0.2) is 8.79 Å². The lowest BCUT2D eigenvalue weighted by Gasteiger charge is -2.08. The number of hydrogen-bond acceptors (Lipinski definition) is 3. The van der Waals surface area contributed by atoms with Gasteiger partial charge in [-0.2, -0.15) is 0 Å². The Kier molecular flexibility index (Phi) is 5.89. The molecule has 0 heterocycles. The van der Waals surface area contributed by atoms with Crippen molar-refractivity contribution >= 4 is 17.7 Å². The summed E-state index contributed by atoms with van der Waals surface area (Å²) in [4.78, 5) is 0. The van der Waals surface area contributed by atoms with Crippen molar-refractivity contribution < 1.29 is 9.13 Å². The molecule has 4 heteroatoms. The van der Waals surface area contributed by atoms with E-state index in [4.69, 9.17) is 4.74 Å². The van der Waals surface area contributed by atoms with Crippen LogP contribution in [0.2, 0.25) is 0 Å². The molecule has 1 aliphatic carbocycles. The van der Waals surface area contributed by atoms with E-state index in [1.165, 1.54) is 30.9 Å². The molecule has 0 spiro atoms. The lowest BCUT2D eigenvalue weighted by molar-refractivity contribution is 0.299. The minimum atomic E-state index is -0.235. The van der Waals surface area contributed by atoms with Gasteiger partial charge in [-0.3, -0.25) is 0 Å². The molecule has 1 aromatic carbocycles. The summed E-state index contributed by atoms with van der Waals surface area (Å²) in [5.41, 5.74) is 1.27. The number of rotatable bonds is 8. The molecular formula is C16H22FNOS. The van der Waals surface area contributed by atoms with Crippen molar-refractivity contribution in [2.75, 3.05) is 12.4 Å². The van der Waals surface area contributed by atoms with Crippen LogP contribution in [0.5, 0.6) is 5.75 Å². The largest absolute Gasteiger partial charge is 0.493 e. The van der Waals surface area contributed by atoms with Gasteiger partial charge in [-0.15, -0.1) is 0 Å². The third kappa shape index (κ3) is 4.82. The van der Waals surface area contributed by atoms with Crippen molar-refractivity contribution in [1.29, 1.82) is 0 Å². The molecule has 0 radical (unpaired) electrons. The van der Waals surface area contributed by atoms with E-state index in [0.29, 0.717) is 11.5 Å². The van der Waals surface area contributed by atoms with Crippen LogP contribution in [0.4, 0.5) is 4.39 Å². The van der Waals surface area contributed by atoms with E-state index >= 15 is 0 Å². The molecule has 0 aliphatic heterocycles. The van der Waals surface area contributed by atoms with Crippen molar-refractivity contribution in [3.8, 4) is 5.75 Å². The molecule has 1 fully saturated rings. The van der Waals surface area contributed by atoms with Crippen LogP contribution in [0, 0.1) is 11.7 Å². The highest BCUT2D eigenvalue weighted by molar-refractivity contribution is 7.98. The van der Waals surface area contributed by atoms with Gasteiger partial charge in [0, 0.05) is 11.3 Å². The van der Waals surface area contributed by atoms with E-state index in [9.17, 15) is 4.39 Å². The summed E-state index contributed by atoms with van der Waals surface area (Å²) >= 11 is 1.50. The van der Waals surface area contributed by atoms with Gasteiger partial charge in [0.1, 0.15) is 11.6 Å². The van der Waals surface area contributed by atoms with Crippen molar-refractivity contribution in [3.63, 3.8) is 0 Å². The zero-order chi connectivity index (χ0) is 14.4. The van der Waals surface area contributed by atoms with Crippen LogP contribution >= 0.6 is 11.9 Å². The first-order valence-electron chi connectivity index (χ1n) is 7.30. The maximum atomic E-state index is 13.9. The molecule has 1 saturated carbocycles. The van der Waals surface area contributed by atoms with Gasteiger partial charge in [-0.1, -0.05) is 13.3 Å². The lowest BCUT2D eigenvalue weighted by atomic mass is 10.1. The quantitative estimate of drug-likeness (QED) is 0.387. The van der Waals surface area contributed by atoms with Crippen LogP contribution in [0.25, 0.3) is 0 Å². The second-order valence-electron chi connectivity index (χ2n) is 5.26. The number of halogens is 1. The third-order valence-electron chi connectivity index (χ3n) is 3.30. The van der Waals surface area contributed by atoms with Gasteiger partial charge >= 0.3 is 0 Å². The van der Waals surface area contributed by atoms with Crippen LogP contribution in [-0.2, 0) is 0 Å². The molecule has 0 unspecified atom stereocenters. The van der Waals surface area contributed by atoms with Crippen LogP contribution in [0.15, 0.2) is 22.6 Å². The van der Waals surface area contributed by atoms with E-state index in [1.807, 2.05) is 6.92 Å². The summed E-state index contributed by atoms with van der Waals surface area (Å²) in [6, 6.07) is 4.92. The average Bonchev–Trinajstić information content (AvgIpc) is 3.26. The Labute approximate surface area is 125 Å². The van der Waals surface area contributed by atoms with Crippen LogP contribution in [0.1, 0.15) is 45.1 Å². The molecule has 1 aromatic rings. The minimum Gasteiger partial charge on any atom is -0.493 e. The summed E-state index contributed by atoms with van der Waals surface area (Å²) in [6.07, 6.45) is 4.79. The molecule has 0 N–H and O–H groups in total.